The van der Waals surface area contributed by atoms with E-state index in [4.69, 9.17) is 19.9 Å². The van der Waals surface area contributed by atoms with Crippen molar-refractivity contribution in [2.45, 2.75) is 29.4 Å². The van der Waals surface area contributed by atoms with Crippen molar-refractivity contribution in [3.63, 3.8) is 0 Å². The van der Waals surface area contributed by atoms with Crippen LogP contribution in [0.25, 0.3) is 193 Å². The van der Waals surface area contributed by atoms with E-state index in [1.807, 2.05) is 60.7 Å². The summed E-state index contributed by atoms with van der Waals surface area (Å²) in [7, 11) is -29.3. The van der Waals surface area contributed by atoms with Crippen molar-refractivity contribution >= 4 is 153 Å². The van der Waals surface area contributed by atoms with Crippen molar-refractivity contribution in [2.24, 2.45) is 0 Å². The van der Waals surface area contributed by atoms with E-state index in [0.717, 1.165) is 11.1 Å². The molecule has 14 aromatic rings. The monoisotopic (exact) mass is 1810 g/mol. The Kier molecular flexibility index (Phi) is 21.4. The summed E-state index contributed by atoms with van der Waals surface area (Å²) in [5, 5.41) is 0. The smallest absolute Gasteiger partial charge is 0.744 e. The Balaban J connectivity index is 0.00000552. The van der Waals surface area contributed by atoms with Crippen LogP contribution < -0.4 is 0 Å². The average Bonchev–Trinajstić information content (AvgIpc) is 1.61. The quantitative estimate of drug-likeness (QED) is 0.0547. The molecule has 602 valence electrons. The van der Waals surface area contributed by atoms with Crippen molar-refractivity contribution in [1.29, 1.82) is 0 Å². The Labute approximate surface area is 717 Å². The molecule has 0 amide bonds. The molecule has 0 aliphatic carbocycles. The molecule has 0 unspecified atom stereocenters. The first-order valence-corrected chi connectivity index (χ1v) is 44.6. The zero-order chi connectivity index (χ0) is 83.7. The Bertz CT molecular complexity index is 7380. The van der Waals surface area contributed by atoms with Gasteiger partial charge < -0.3 is 47.3 Å². The summed E-state index contributed by atoms with van der Waals surface area (Å²) in [4.78, 5) is 32.3. The van der Waals surface area contributed by atoms with Gasteiger partial charge in [-0.15, -0.1) is 0 Å². The summed E-state index contributed by atoms with van der Waals surface area (Å²) < 4.78 is 221. The molecule has 0 radical (unpaired) electrons. The van der Waals surface area contributed by atoms with E-state index >= 15 is 0 Å². The van der Waals surface area contributed by atoms with Crippen molar-refractivity contribution in [3.05, 3.63) is 288 Å². The molecule has 10 heterocycles. The SMILES string of the molecule is O=S(=O)([O-])c1ccc(-c2c3nc(c(-c4ccc(S(=O)(=O)[O-])cc4)c4ccc([nH]4)c(-c4ccc(S(=O)(=O)[O-])cc4)c4nc(c(-c5ccc(-c6ccc(-c7c8nc(c(-c9ccc(S(=O)(=O)[O-])cc9)c9ccc([nH]9)c(-c9ccc(S(=O)(=O)[O-])cc9)c9nc(c(-c%10ccc(S(=O)(=O)[O-])cc%10)c%10ccc7[nH]%10)C=C9)C=C8)cc6)cc5)c5ccc2[nH]5)C=C4)C=C3)cc1.[Mn+3].[Mn+3]. The molecule has 26 nitrogen and oxygen atoms in total. The molecule has 0 fully saturated rings. The van der Waals surface area contributed by atoms with Crippen molar-refractivity contribution < 1.29 is 112 Å². The fourth-order valence-corrected chi connectivity index (χ4v) is 18.0. The topological polar surface area (TPSA) is 458 Å². The molecule has 4 N–H and O–H groups in total. The van der Waals surface area contributed by atoms with Gasteiger partial charge in [0, 0.05) is 88.6 Å². The maximum Gasteiger partial charge on any atom is 3.00 e. The second-order valence-electron chi connectivity index (χ2n) is 28.0. The molecule has 0 saturated carbocycles. The summed E-state index contributed by atoms with van der Waals surface area (Å²) in [6, 6.07) is 61.6. The molecule has 0 atom stereocenters. The third kappa shape index (κ3) is 16.1. The van der Waals surface area contributed by atoms with Crippen LogP contribution in [0.15, 0.2) is 272 Å². The number of fused-ring (bicyclic) bond motifs is 16. The van der Waals surface area contributed by atoms with Crippen LogP contribution in [0, 0.1) is 0 Å². The van der Waals surface area contributed by atoms with E-state index < -0.39 is 90.1 Å². The van der Waals surface area contributed by atoms with Gasteiger partial charge in [-0.3, -0.25) is 0 Å². The Morgan fingerprint density at radius 3 is 0.385 bits per heavy atom. The number of nitrogens with zero attached hydrogens (tertiary/aromatic N) is 4. The maximum atomic E-state index is 12.3. The number of hydrogen-bond donors (Lipinski definition) is 4. The van der Waals surface area contributed by atoms with Gasteiger partial charge in [-0.2, -0.15) is 0 Å². The molecule has 18 rings (SSSR count). The summed E-state index contributed by atoms with van der Waals surface area (Å²) >= 11 is 0. The van der Waals surface area contributed by atoms with Gasteiger partial charge in [0.15, 0.2) is 0 Å². The molecule has 122 heavy (non-hydrogen) atoms. The average molecular weight is 1810 g/mol. The Morgan fingerprint density at radius 1 is 0.164 bits per heavy atom. The third-order valence-corrected chi connectivity index (χ3v) is 25.9. The molecule has 8 aromatic carbocycles. The number of H-pyrrole nitrogens is 4. The number of hydrogen-bond acceptors (Lipinski definition) is 22. The normalized spacial score (nSPS) is 12.8. The first kappa shape index (κ1) is 83.1. The van der Waals surface area contributed by atoms with Crippen LogP contribution in [0.1, 0.15) is 45.6 Å². The van der Waals surface area contributed by atoms with Crippen molar-refractivity contribution in [2.75, 3.05) is 0 Å². The molecular formula is C88H52Mn2N8O18S6. The van der Waals surface area contributed by atoms with Gasteiger partial charge in [0.2, 0.25) is 0 Å². The predicted molar refractivity (Wildman–Crippen MR) is 448 cm³/mol. The van der Waals surface area contributed by atoms with Gasteiger partial charge in [0.1, 0.15) is 60.7 Å². The van der Waals surface area contributed by atoms with E-state index in [2.05, 4.69) is 19.9 Å². The van der Waals surface area contributed by atoms with Crippen molar-refractivity contribution in [1.82, 2.24) is 39.9 Å². The number of nitrogens with one attached hydrogen (secondary N) is 4. The van der Waals surface area contributed by atoms with Crippen LogP contribution in [0.3, 0.4) is 0 Å². The van der Waals surface area contributed by atoms with E-state index in [1.54, 1.807) is 85.0 Å². The van der Waals surface area contributed by atoms with Crippen LogP contribution in [0.2, 0.25) is 0 Å². The summed E-state index contributed by atoms with van der Waals surface area (Å²) in [6.07, 6.45) is 14.1. The van der Waals surface area contributed by atoms with Crippen LogP contribution in [0.5, 0.6) is 0 Å². The molecule has 0 spiro atoms. The first-order valence-electron chi connectivity index (χ1n) is 36.1. The van der Waals surface area contributed by atoms with E-state index in [0.29, 0.717) is 179 Å². The molecule has 16 bridgehead atoms. The van der Waals surface area contributed by atoms with Gasteiger partial charge >= 0.3 is 34.1 Å². The summed E-state index contributed by atoms with van der Waals surface area (Å²) in [5.41, 5.74) is 16.1. The summed E-state index contributed by atoms with van der Waals surface area (Å²) in [5.74, 6) is 0. The predicted octanol–water partition coefficient (Wildman–Crippen LogP) is 16.0. The van der Waals surface area contributed by atoms with Gasteiger partial charge in [-0.1, -0.05) is 121 Å². The molecule has 0 saturated heterocycles. The number of benzene rings is 8. The van der Waals surface area contributed by atoms with Gasteiger partial charge in [-0.05, 0) is 226 Å². The fourth-order valence-electron chi connectivity index (χ4n) is 15.2. The second-order valence-corrected chi connectivity index (χ2v) is 36.3. The number of aromatic amines is 4. The molecule has 6 aromatic heterocycles. The van der Waals surface area contributed by atoms with Crippen LogP contribution >= 0.6 is 0 Å². The standard InChI is InChI=1S/C88H58N8O18S6.2Mn/c97-115(98,99)59-21-9-53(10-22-59)83-69-37-33-65(89-69)81(66-34-38-70(90-66)84(54-11-23-60(24-12-54)116(100,101)102)74-42-46-78(94-74)87(77-45-41-73(83)93-77)57-17-29-63(30-18-57)119(109,110)111)51-5-1-49(2-6-51)50-3-7-52(8-4-50)82-67-35-39-71(91-67)85(55-13-25-61(26-14-55)117(103,104)105)75-43-47-79(95-75)88(58-19-31-64(32-20-58)120(112,113)114)80-48-44-76(96-80)86(72-40-36-68(82)92-72)56-15-27-62(28-16-56)118(106,107)108;;/h1-48,89,91,94,96H,(H,97,98,99)(H,100,101,102)(H,103,104,105)(H,106,107,108)(H,109,110,111)(H,112,113,114);;/q;2*+3/p-6. The molecular weight excluding hydrogens is 1760 g/mol. The largest absolute Gasteiger partial charge is 3.00 e. The first-order chi connectivity index (χ1) is 57.2. The van der Waals surface area contributed by atoms with Gasteiger partial charge in [0.25, 0.3) is 0 Å². The molecule has 4 aliphatic rings. The minimum atomic E-state index is -4.89. The Morgan fingerprint density at radius 2 is 0.270 bits per heavy atom. The maximum absolute atomic E-state index is 12.3. The number of rotatable bonds is 15. The van der Waals surface area contributed by atoms with Gasteiger partial charge in [0.05, 0.1) is 74.9 Å². The minimum Gasteiger partial charge on any atom is -0.744 e. The third-order valence-electron chi connectivity index (χ3n) is 20.8. The number of aromatic nitrogens is 8. The van der Waals surface area contributed by atoms with E-state index in [1.165, 1.54) is 146 Å². The van der Waals surface area contributed by atoms with E-state index in [-0.39, 0.29) is 34.1 Å². The van der Waals surface area contributed by atoms with Crippen molar-refractivity contribution in [3.8, 4) is 100 Å². The van der Waals surface area contributed by atoms with E-state index in [9.17, 15) is 77.8 Å². The van der Waals surface area contributed by atoms with Crippen LogP contribution in [-0.4, -0.2) is 118 Å². The Hall–Kier alpha value is -12.5. The molecule has 4 aliphatic heterocycles. The summed E-state index contributed by atoms with van der Waals surface area (Å²) in [6.45, 7) is 0. The zero-order valence-corrected chi connectivity index (χ0v) is 69.3. The zero-order valence-electron chi connectivity index (χ0n) is 62.1. The van der Waals surface area contributed by atoms with Gasteiger partial charge in [-0.25, -0.2) is 70.4 Å². The fraction of sp³-hybridized carbons (Fsp3) is 0. The second kappa shape index (κ2) is 31.5. The molecule has 34 heteroatoms. The van der Waals surface area contributed by atoms with Crippen LogP contribution in [0.4, 0.5) is 0 Å². The van der Waals surface area contributed by atoms with Crippen LogP contribution in [-0.2, 0) is 94.8 Å². The minimum absolute atomic E-state index is 0.